The Morgan fingerprint density at radius 1 is 1.53 bits per heavy atom. The van der Waals surface area contributed by atoms with Gasteiger partial charge in [-0.05, 0) is 24.8 Å². The van der Waals surface area contributed by atoms with Gasteiger partial charge in [0.25, 0.3) is 0 Å². The summed E-state index contributed by atoms with van der Waals surface area (Å²) in [7, 11) is 0. The summed E-state index contributed by atoms with van der Waals surface area (Å²) in [6, 6.07) is 4.43. The summed E-state index contributed by atoms with van der Waals surface area (Å²) in [5, 5.41) is 0. The lowest BCUT2D eigenvalue weighted by molar-refractivity contribution is 0.489. The Morgan fingerprint density at radius 2 is 2.33 bits per heavy atom. The van der Waals surface area contributed by atoms with Crippen LogP contribution in [0.4, 0.5) is 11.5 Å². The predicted molar refractivity (Wildman–Crippen MR) is 63.9 cm³/mol. The lowest BCUT2D eigenvalue weighted by atomic mass is 10.0. The van der Waals surface area contributed by atoms with E-state index in [9.17, 15) is 0 Å². The summed E-state index contributed by atoms with van der Waals surface area (Å²) < 4.78 is 0. The van der Waals surface area contributed by atoms with Crippen LogP contribution < -0.4 is 10.6 Å². The number of nitrogen functional groups attached to an aromatic ring is 1. The second kappa shape index (κ2) is 4.09. The number of rotatable bonds is 2. The number of hydrogen-bond donors (Lipinski definition) is 1. The third kappa shape index (κ3) is 2.06. The van der Waals surface area contributed by atoms with Gasteiger partial charge in [-0.2, -0.15) is 0 Å². The van der Waals surface area contributed by atoms with Crippen LogP contribution >= 0.6 is 0 Å². The minimum absolute atomic E-state index is 0.624. The fourth-order valence-electron chi connectivity index (χ4n) is 2.36. The summed E-state index contributed by atoms with van der Waals surface area (Å²) in [6.45, 7) is 5.66. The van der Waals surface area contributed by atoms with Gasteiger partial charge < -0.3 is 10.6 Å². The zero-order valence-electron chi connectivity index (χ0n) is 9.48. The summed E-state index contributed by atoms with van der Waals surface area (Å²) in [6.07, 6.45) is 4.33. The van der Waals surface area contributed by atoms with E-state index in [-0.39, 0.29) is 0 Å². The average molecular weight is 205 g/mol. The van der Waals surface area contributed by atoms with Crippen LogP contribution in [0.3, 0.4) is 0 Å². The fraction of sp³-hybridized carbons (Fsp3) is 0.583. The molecular formula is C12H19N3. The molecular weight excluding hydrogens is 186 g/mol. The van der Waals surface area contributed by atoms with Gasteiger partial charge in [0.1, 0.15) is 5.82 Å². The van der Waals surface area contributed by atoms with Gasteiger partial charge in [-0.25, -0.2) is 4.98 Å². The molecule has 1 aliphatic heterocycles. The molecule has 0 spiro atoms. The number of anilines is 2. The van der Waals surface area contributed by atoms with Gasteiger partial charge in [0.15, 0.2) is 0 Å². The number of pyridine rings is 1. The Morgan fingerprint density at radius 3 is 3.00 bits per heavy atom. The highest BCUT2D eigenvalue weighted by Gasteiger charge is 2.27. The molecule has 1 atom stereocenters. The maximum absolute atomic E-state index is 5.78. The largest absolute Gasteiger partial charge is 0.399 e. The molecule has 0 saturated carbocycles. The Labute approximate surface area is 91.3 Å². The van der Waals surface area contributed by atoms with Gasteiger partial charge in [-0.1, -0.05) is 13.8 Å². The Hall–Kier alpha value is -1.25. The second-order valence-corrected chi connectivity index (χ2v) is 4.59. The van der Waals surface area contributed by atoms with Crippen molar-refractivity contribution < 1.29 is 0 Å². The third-order valence-electron chi connectivity index (χ3n) is 3.13. The molecule has 1 fully saturated rings. The van der Waals surface area contributed by atoms with E-state index >= 15 is 0 Å². The van der Waals surface area contributed by atoms with Crippen molar-refractivity contribution in [2.75, 3.05) is 17.2 Å². The molecule has 1 unspecified atom stereocenters. The lowest BCUT2D eigenvalue weighted by Crippen LogP contribution is -2.33. The lowest BCUT2D eigenvalue weighted by Gasteiger charge is -2.28. The highest BCUT2D eigenvalue weighted by molar-refractivity contribution is 5.51. The molecule has 0 bridgehead atoms. The van der Waals surface area contributed by atoms with Crippen molar-refractivity contribution in [2.24, 2.45) is 5.92 Å². The molecule has 2 heterocycles. The van der Waals surface area contributed by atoms with Crippen molar-refractivity contribution in [1.29, 1.82) is 0 Å². The molecule has 1 aliphatic rings. The van der Waals surface area contributed by atoms with Crippen molar-refractivity contribution in [3.8, 4) is 0 Å². The van der Waals surface area contributed by atoms with Crippen LogP contribution in [0.25, 0.3) is 0 Å². The van der Waals surface area contributed by atoms with Gasteiger partial charge in [-0.15, -0.1) is 0 Å². The molecule has 3 nitrogen and oxygen atoms in total. The van der Waals surface area contributed by atoms with Crippen LogP contribution in [0, 0.1) is 5.92 Å². The fourth-order valence-corrected chi connectivity index (χ4v) is 2.36. The molecule has 2 N–H and O–H groups in total. The molecule has 1 aromatic rings. The SMILES string of the molecule is CC(C)C1CCCN1c1cc(N)ccn1. The normalized spacial score (nSPS) is 21.3. The van der Waals surface area contributed by atoms with Crippen LogP contribution in [0.15, 0.2) is 18.3 Å². The zero-order chi connectivity index (χ0) is 10.8. The van der Waals surface area contributed by atoms with E-state index < -0.39 is 0 Å². The van der Waals surface area contributed by atoms with Gasteiger partial charge in [0.05, 0.1) is 0 Å². The van der Waals surface area contributed by atoms with Crippen molar-refractivity contribution in [3.63, 3.8) is 0 Å². The monoisotopic (exact) mass is 205 g/mol. The number of aromatic nitrogens is 1. The second-order valence-electron chi connectivity index (χ2n) is 4.59. The minimum Gasteiger partial charge on any atom is -0.399 e. The summed E-state index contributed by atoms with van der Waals surface area (Å²) in [5.74, 6) is 1.71. The first-order valence-corrected chi connectivity index (χ1v) is 5.66. The van der Waals surface area contributed by atoms with E-state index in [1.807, 2.05) is 12.1 Å². The van der Waals surface area contributed by atoms with Gasteiger partial charge in [0.2, 0.25) is 0 Å². The Kier molecular flexibility index (Phi) is 2.80. The molecule has 0 radical (unpaired) electrons. The van der Waals surface area contributed by atoms with Crippen molar-refractivity contribution in [2.45, 2.75) is 32.7 Å². The average Bonchev–Trinajstić information content (AvgIpc) is 2.65. The standard InChI is InChI=1S/C12H19N3/c1-9(2)11-4-3-7-15(11)12-8-10(13)5-6-14-12/h5-6,8-9,11H,3-4,7H2,1-2H3,(H2,13,14). The molecule has 1 saturated heterocycles. The van der Waals surface area contributed by atoms with Crippen molar-refractivity contribution in [1.82, 2.24) is 4.98 Å². The van der Waals surface area contributed by atoms with Crippen LogP contribution in [0.2, 0.25) is 0 Å². The van der Waals surface area contributed by atoms with Crippen molar-refractivity contribution in [3.05, 3.63) is 18.3 Å². The number of nitrogens with two attached hydrogens (primary N) is 1. The molecule has 2 rings (SSSR count). The number of nitrogens with zero attached hydrogens (tertiary/aromatic N) is 2. The molecule has 3 heteroatoms. The van der Waals surface area contributed by atoms with Crippen LogP contribution in [-0.2, 0) is 0 Å². The van der Waals surface area contributed by atoms with Gasteiger partial charge >= 0.3 is 0 Å². The molecule has 15 heavy (non-hydrogen) atoms. The first-order chi connectivity index (χ1) is 7.18. The third-order valence-corrected chi connectivity index (χ3v) is 3.13. The number of hydrogen-bond acceptors (Lipinski definition) is 3. The summed E-state index contributed by atoms with van der Waals surface area (Å²) in [4.78, 5) is 6.79. The summed E-state index contributed by atoms with van der Waals surface area (Å²) in [5.41, 5.74) is 6.58. The van der Waals surface area contributed by atoms with Gasteiger partial charge in [-0.3, -0.25) is 0 Å². The topological polar surface area (TPSA) is 42.1 Å². The van der Waals surface area contributed by atoms with E-state index in [2.05, 4.69) is 23.7 Å². The minimum atomic E-state index is 0.624. The maximum Gasteiger partial charge on any atom is 0.130 e. The first kappa shape index (κ1) is 10.3. The molecule has 0 aromatic carbocycles. The van der Waals surface area contributed by atoms with Gasteiger partial charge in [0, 0.05) is 30.5 Å². The highest BCUT2D eigenvalue weighted by Crippen LogP contribution is 2.28. The maximum atomic E-state index is 5.78. The summed E-state index contributed by atoms with van der Waals surface area (Å²) >= 11 is 0. The molecule has 1 aromatic heterocycles. The van der Waals surface area contributed by atoms with E-state index in [1.165, 1.54) is 12.8 Å². The van der Waals surface area contributed by atoms with E-state index in [0.29, 0.717) is 12.0 Å². The van der Waals surface area contributed by atoms with E-state index in [1.54, 1.807) is 6.20 Å². The van der Waals surface area contributed by atoms with E-state index in [0.717, 1.165) is 18.1 Å². The van der Waals surface area contributed by atoms with Crippen LogP contribution in [0.5, 0.6) is 0 Å². The van der Waals surface area contributed by atoms with E-state index in [4.69, 9.17) is 5.73 Å². The van der Waals surface area contributed by atoms with Crippen LogP contribution in [-0.4, -0.2) is 17.6 Å². The Balaban J connectivity index is 2.22. The first-order valence-electron chi connectivity index (χ1n) is 5.66. The smallest absolute Gasteiger partial charge is 0.130 e. The molecule has 0 aliphatic carbocycles. The zero-order valence-corrected chi connectivity index (χ0v) is 9.48. The Bertz CT molecular complexity index is 335. The quantitative estimate of drug-likeness (QED) is 0.805. The predicted octanol–water partition coefficient (Wildman–Crippen LogP) is 2.29. The van der Waals surface area contributed by atoms with Crippen molar-refractivity contribution >= 4 is 11.5 Å². The highest BCUT2D eigenvalue weighted by atomic mass is 15.2. The van der Waals surface area contributed by atoms with Crippen LogP contribution in [0.1, 0.15) is 26.7 Å². The molecule has 82 valence electrons. The molecule has 0 amide bonds.